The number of halogens is 1. The van der Waals surface area contributed by atoms with Gasteiger partial charge in [0.2, 0.25) is 5.69 Å². The Balaban J connectivity index is 0.00000147. The lowest BCUT2D eigenvalue weighted by Crippen LogP contribution is -3.00. The van der Waals surface area contributed by atoms with Crippen molar-refractivity contribution in [1.82, 2.24) is 5.10 Å². The first-order valence-corrected chi connectivity index (χ1v) is 6.32. The fourth-order valence-corrected chi connectivity index (χ4v) is 2.16. The number of hydrogen-bond donors (Lipinski definition) is 0. The van der Waals surface area contributed by atoms with Crippen LogP contribution in [-0.4, -0.2) is 5.10 Å². The fraction of sp³-hybridized carbons (Fsp3) is 0.0588. The predicted molar refractivity (Wildman–Crippen MR) is 76.3 cm³/mol. The summed E-state index contributed by atoms with van der Waals surface area (Å²) in [6.07, 6.45) is 1.90. The molecule has 0 saturated heterocycles. The number of hydrogen-bond acceptors (Lipinski definition) is 1. The Labute approximate surface area is 129 Å². The van der Waals surface area contributed by atoms with Crippen LogP contribution < -0.4 is 21.7 Å². The van der Waals surface area contributed by atoms with Crippen LogP contribution in [-0.2, 0) is 7.05 Å². The van der Waals surface area contributed by atoms with E-state index in [0.29, 0.717) is 0 Å². The van der Waals surface area contributed by atoms with Gasteiger partial charge in [0.15, 0.2) is 7.05 Å². The van der Waals surface area contributed by atoms with Crippen molar-refractivity contribution in [2.24, 2.45) is 7.05 Å². The molecule has 0 aliphatic carbocycles. The number of aryl methyl sites for hydroxylation is 1. The normalized spacial score (nSPS) is 9.85. The maximum atomic E-state index is 4.45. The van der Waals surface area contributed by atoms with Gasteiger partial charge in [0.05, 0.1) is 0 Å². The van der Waals surface area contributed by atoms with Crippen LogP contribution in [0.15, 0.2) is 72.9 Å². The van der Waals surface area contributed by atoms with E-state index in [4.69, 9.17) is 0 Å². The molecule has 1 aromatic heterocycles. The molecule has 0 N–H and O–H groups in total. The van der Waals surface area contributed by atoms with E-state index in [-0.39, 0.29) is 17.0 Å². The quantitative estimate of drug-likeness (QED) is 0.617. The molecule has 1 heterocycles. The van der Waals surface area contributed by atoms with Gasteiger partial charge in [-0.15, -0.1) is 0 Å². The summed E-state index contributed by atoms with van der Waals surface area (Å²) in [7, 11) is 1.97. The summed E-state index contributed by atoms with van der Waals surface area (Å²) < 4.78 is 1.90. The van der Waals surface area contributed by atoms with Gasteiger partial charge >= 0.3 is 0 Å². The van der Waals surface area contributed by atoms with Gasteiger partial charge in [0.25, 0.3) is 0 Å². The second-order valence-corrected chi connectivity index (χ2v) is 4.49. The minimum absolute atomic E-state index is 0. The van der Waals surface area contributed by atoms with Crippen LogP contribution in [0.2, 0.25) is 0 Å². The van der Waals surface area contributed by atoms with Gasteiger partial charge in [-0.25, -0.2) is 0 Å². The van der Waals surface area contributed by atoms with Crippen LogP contribution >= 0.6 is 0 Å². The molecule has 0 saturated carbocycles. The maximum absolute atomic E-state index is 4.45. The summed E-state index contributed by atoms with van der Waals surface area (Å²) in [6, 6.07) is 22.8. The highest BCUT2D eigenvalue weighted by Crippen LogP contribution is 2.22. The number of nitrogens with zero attached hydrogens (tertiary/aromatic N) is 2. The van der Waals surface area contributed by atoms with Crippen LogP contribution in [0.3, 0.4) is 0 Å². The first-order valence-electron chi connectivity index (χ1n) is 6.32. The molecule has 2 nitrogen and oxygen atoms in total. The summed E-state index contributed by atoms with van der Waals surface area (Å²) in [5.41, 5.74) is 4.61. The Hall–Kier alpha value is -2.00. The molecule has 100 valence electrons. The zero-order chi connectivity index (χ0) is 13.1. The van der Waals surface area contributed by atoms with E-state index in [1.54, 1.807) is 0 Å². The van der Waals surface area contributed by atoms with Crippen molar-refractivity contribution in [3.05, 3.63) is 72.9 Å². The lowest BCUT2D eigenvalue weighted by atomic mass is 10.1. The van der Waals surface area contributed by atoms with E-state index in [9.17, 15) is 0 Å². The van der Waals surface area contributed by atoms with E-state index in [0.717, 1.165) is 11.3 Å². The summed E-state index contributed by atoms with van der Waals surface area (Å²) in [4.78, 5) is 0. The molecule has 0 unspecified atom stereocenters. The van der Waals surface area contributed by atoms with Crippen LogP contribution in [0.25, 0.3) is 22.4 Å². The molecule has 0 aliphatic rings. The van der Waals surface area contributed by atoms with Gasteiger partial charge < -0.3 is 17.0 Å². The third kappa shape index (κ3) is 2.94. The van der Waals surface area contributed by atoms with Crippen molar-refractivity contribution in [2.75, 3.05) is 0 Å². The third-order valence-electron chi connectivity index (χ3n) is 3.19. The molecular formula is C17H15BrN2. The summed E-state index contributed by atoms with van der Waals surface area (Å²) >= 11 is 0. The van der Waals surface area contributed by atoms with Gasteiger partial charge in [0.1, 0.15) is 6.20 Å². The van der Waals surface area contributed by atoms with Crippen molar-refractivity contribution in [3.63, 3.8) is 0 Å². The molecule has 0 aliphatic heterocycles. The Morgan fingerprint density at radius 3 is 1.90 bits per heavy atom. The molecule has 2 aromatic carbocycles. The van der Waals surface area contributed by atoms with Crippen molar-refractivity contribution < 1.29 is 21.7 Å². The van der Waals surface area contributed by atoms with E-state index >= 15 is 0 Å². The molecule has 0 amide bonds. The smallest absolute Gasteiger partial charge is 0.239 e. The second kappa shape index (κ2) is 6.44. The van der Waals surface area contributed by atoms with E-state index in [1.165, 1.54) is 11.1 Å². The van der Waals surface area contributed by atoms with Gasteiger partial charge in [-0.3, -0.25) is 0 Å². The highest BCUT2D eigenvalue weighted by molar-refractivity contribution is 5.67. The Morgan fingerprint density at radius 1 is 0.750 bits per heavy atom. The van der Waals surface area contributed by atoms with Crippen LogP contribution in [0.1, 0.15) is 0 Å². The molecule has 0 fully saturated rings. The molecule has 3 aromatic rings. The molecular weight excluding hydrogens is 312 g/mol. The van der Waals surface area contributed by atoms with Crippen LogP contribution in [0.5, 0.6) is 0 Å². The molecule has 0 radical (unpaired) electrons. The number of aromatic nitrogens is 2. The van der Waals surface area contributed by atoms with Crippen molar-refractivity contribution >= 4 is 0 Å². The largest absolute Gasteiger partial charge is 1.00 e. The average Bonchev–Trinajstić information content (AvgIpc) is 2.49. The zero-order valence-electron chi connectivity index (χ0n) is 11.2. The topological polar surface area (TPSA) is 16.8 Å². The van der Waals surface area contributed by atoms with Crippen LogP contribution in [0.4, 0.5) is 0 Å². The zero-order valence-corrected chi connectivity index (χ0v) is 12.8. The molecule has 3 heteroatoms. The Bertz CT molecular complexity index is 682. The van der Waals surface area contributed by atoms with Gasteiger partial charge in [-0.1, -0.05) is 53.2 Å². The Kier molecular flexibility index (Phi) is 4.64. The highest BCUT2D eigenvalue weighted by Gasteiger charge is 2.12. The van der Waals surface area contributed by atoms with Crippen molar-refractivity contribution in [2.45, 2.75) is 0 Å². The van der Waals surface area contributed by atoms with E-state index in [1.807, 2.05) is 54.3 Å². The molecule has 3 rings (SSSR count). The fourth-order valence-electron chi connectivity index (χ4n) is 2.16. The molecule has 0 bridgehead atoms. The van der Waals surface area contributed by atoms with Gasteiger partial charge in [-0.2, -0.15) is 0 Å². The number of benzene rings is 2. The van der Waals surface area contributed by atoms with Crippen molar-refractivity contribution in [3.8, 4) is 22.4 Å². The molecule has 20 heavy (non-hydrogen) atoms. The SMILES string of the molecule is C[n+]1ncc(-c2ccccc2)cc1-c1ccccc1.[Br-]. The first-order chi connectivity index (χ1) is 9.34. The number of rotatable bonds is 2. The second-order valence-electron chi connectivity index (χ2n) is 4.49. The van der Waals surface area contributed by atoms with Crippen LogP contribution in [0, 0.1) is 0 Å². The van der Waals surface area contributed by atoms with Gasteiger partial charge in [0, 0.05) is 17.2 Å². The standard InChI is InChI=1S/C17H15N2.BrH/c1-19-17(15-10-6-3-7-11-15)12-16(13-18-19)14-8-4-2-5-9-14;/h2-13H,1H3;1H/q+1;/p-1. The van der Waals surface area contributed by atoms with Crippen molar-refractivity contribution in [1.29, 1.82) is 0 Å². The minimum atomic E-state index is 0. The summed E-state index contributed by atoms with van der Waals surface area (Å²) in [6.45, 7) is 0. The summed E-state index contributed by atoms with van der Waals surface area (Å²) in [5, 5.41) is 4.45. The highest BCUT2D eigenvalue weighted by atomic mass is 79.9. The monoisotopic (exact) mass is 326 g/mol. The maximum Gasteiger partial charge on any atom is 0.239 e. The summed E-state index contributed by atoms with van der Waals surface area (Å²) in [5.74, 6) is 0. The van der Waals surface area contributed by atoms with Gasteiger partial charge in [-0.05, 0) is 22.8 Å². The lowest BCUT2D eigenvalue weighted by molar-refractivity contribution is -0.720. The molecule has 0 spiro atoms. The third-order valence-corrected chi connectivity index (χ3v) is 3.19. The minimum Gasteiger partial charge on any atom is -1.00 e. The molecule has 0 atom stereocenters. The first kappa shape index (κ1) is 14.4. The average molecular weight is 327 g/mol. The predicted octanol–water partition coefficient (Wildman–Crippen LogP) is 0.244. The Morgan fingerprint density at radius 2 is 1.30 bits per heavy atom. The lowest BCUT2D eigenvalue weighted by Gasteiger charge is -2.03. The van der Waals surface area contributed by atoms with E-state index in [2.05, 4.69) is 35.4 Å². The van der Waals surface area contributed by atoms with E-state index < -0.39 is 0 Å².